The second-order valence-corrected chi connectivity index (χ2v) is 6.60. The van der Waals surface area contributed by atoms with Crippen molar-refractivity contribution in [3.63, 3.8) is 0 Å². The molecule has 0 aliphatic rings. The molecule has 2 nitrogen and oxygen atoms in total. The van der Waals surface area contributed by atoms with Crippen LogP contribution < -0.4 is 0 Å². The molecule has 0 aromatic rings. The van der Waals surface area contributed by atoms with Gasteiger partial charge in [0, 0.05) is 26.7 Å². The lowest BCUT2D eigenvalue weighted by Crippen LogP contribution is -2.42. The van der Waals surface area contributed by atoms with E-state index in [1.807, 2.05) is 0 Å². The molecule has 0 aromatic heterocycles. The Morgan fingerprint density at radius 1 is 1.16 bits per heavy atom. The van der Waals surface area contributed by atoms with Crippen molar-refractivity contribution in [3.05, 3.63) is 0 Å². The van der Waals surface area contributed by atoms with E-state index in [9.17, 15) is 0 Å². The Labute approximate surface area is 126 Å². The van der Waals surface area contributed by atoms with Crippen molar-refractivity contribution in [1.82, 2.24) is 4.90 Å². The van der Waals surface area contributed by atoms with Crippen LogP contribution in [0.15, 0.2) is 0 Å². The minimum atomic E-state index is 0.384. The molecule has 116 valence electrons. The Bertz CT molecular complexity index is 203. The topological polar surface area (TPSA) is 12.5 Å². The summed E-state index contributed by atoms with van der Waals surface area (Å²) < 4.78 is 5.26. The molecule has 0 amide bonds. The Morgan fingerprint density at radius 3 is 2.11 bits per heavy atom. The van der Waals surface area contributed by atoms with E-state index >= 15 is 0 Å². The molecule has 0 saturated carbocycles. The lowest BCUT2D eigenvalue weighted by molar-refractivity contribution is 0.0960. The quantitative estimate of drug-likeness (QED) is 0.543. The maximum atomic E-state index is 5.26. The van der Waals surface area contributed by atoms with Gasteiger partial charge in [-0.15, -0.1) is 0 Å². The number of ether oxygens (including phenoxy) is 1. The summed E-state index contributed by atoms with van der Waals surface area (Å²) in [5.74, 6) is 1.70. The fourth-order valence-electron chi connectivity index (χ4n) is 3.00. The van der Waals surface area contributed by atoms with Gasteiger partial charge in [-0.3, -0.25) is 0 Å². The normalized spacial score (nSPS) is 12.6. The van der Waals surface area contributed by atoms with E-state index in [-0.39, 0.29) is 0 Å². The van der Waals surface area contributed by atoms with Crippen LogP contribution in [0.25, 0.3) is 0 Å². The third kappa shape index (κ3) is 8.21. The van der Waals surface area contributed by atoms with Crippen molar-refractivity contribution >= 4 is 12.6 Å². The van der Waals surface area contributed by atoms with E-state index in [1.54, 1.807) is 7.11 Å². The molecule has 0 aromatic carbocycles. The lowest BCUT2D eigenvalue weighted by atomic mass is 9.80. The number of hydrogen-bond acceptors (Lipinski definition) is 3. The summed E-state index contributed by atoms with van der Waals surface area (Å²) >= 11 is 4.67. The van der Waals surface area contributed by atoms with Crippen molar-refractivity contribution in [2.45, 2.75) is 53.4 Å². The Balaban J connectivity index is 4.68. The predicted octanol–water partition coefficient (Wildman–Crippen LogP) is 4.11. The van der Waals surface area contributed by atoms with Crippen LogP contribution in [0.5, 0.6) is 0 Å². The molecule has 0 unspecified atom stereocenters. The SMILES string of the molecule is CCCC(CS)(CCC)CN(CCOC)CC(C)C. The van der Waals surface area contributed by atoms with Gasteiger partial charge in [-0.25, -0.2) is 0 Å². The molecule has 3 heteroatoms. The summed E-state index contributed by atoms with van der Waals surface area (Å²) in [6, 6.07) is 0. The maximum absolute atomic E-state index is 5.26. The second kappa shape index (κ2) is 11.0. The van der Waals surface area contributed by atoms with Crippen molar-refractivity contribution in [2.75, 3.05) is 39.1 Å². The molecule has 0 rings (SSSR count). The highest BCUT2D eigenvalue weighted by Crippen LogP contribution is 2.32. The molecule has 0 spiro atoms. The highest BCUT2D eigenvalue weighted by atomic mass is 32.1. The Morgan fingerprint density at radius 2 is 1.74 bits per heavy atom. The molecule has 0 aliphatic heterocycles. The third-order valence-corrected chi connectivity index (χ3v) is 4.36. The summed E-state index contributed by atoms with van der Waals surface area (Å²) in [5.41, 5.74) is 0.384. The van der Waals surface area contributed by atoms with Crippen LogP contribution in [0.1, 0.15) is 53.4 Å². The summed E-state index contributed by atoms with van der Waals surface area (Å²) in [6.45, 7) is 13.4. The van der Waals surface area contributed by atoms with Gasteiger partial charge in [0.1, 0.15) is 0 Å². The number of nitrogens with zero attached hydrogens (tertiary/aromatic N) is 1. The summed E-state index contributed by atoms with van der Waals surface area (Å²) in [4.78, 5) is 2.58. The highest BCUT2D eigenvalue weighted by Gasteiger charge is 2.29. The van der Waals surface area contributed by atoms with Gasteiger partial charge in [-0.2, -0.15) is 12.6 Å². The summed E-state index contributed by atoms with van der Waals surface area (Å²) in [6.07, 6.45) is 5.07. The number of rotatable bonds is 12. The van der Waals surface area contributed by atoms with Gasteiger partial charge in [0.15, 0.2) is 0 Å². The van der Waals surface area contributed by atoms with Gasteiger partial charge in [-0.1, -0.05) is 40.5 Å². The van der Waals surface area contributed by atoms with E-state index in [0.29, 0.717) is 11.3 Å². The average molecular weight is 290 g/mol. The minimum absolute atomic E-state index is 0.384. The highest BCUT2D eigenvalue weighted by molar-refractivity contribution is 7.80. The molecule has 19 heavy (non-hydrogen) atoms. The fraction of sp³-hybridized carbons (Fsp3) is 1.00. The smallest absolute Gasteiger partial charge is 0.0589 e. The first kappa shape index (κ1) is 19.3. The van der Waals surface area contributed by atoms with E-state index in [2.05, 4.69) is 45.2 Å². The molecule has 0 heterocycles. The van der Waals surface area contributed by atoms with E-state index in [0.717, 1.165) is 25.4 Å². The van der Waals surface area contributed by atoms with Crippen LogP contribution >= 0.6 is 12.6 Å². The zero-order chi connectivity index (χ0) is 14.7. The molecule has 0 saturated heterocycles. The van der Waals surface area contributed by atoms with Crippen molar-refractivity contribution in [2.24, 2.45) is 11.3 Å². The van der Waals surface area contributed by atoms with Crippen molar-refractivity contribution in [1.29, 1.82) is 0 Å². The van der Waals surface area contributed by atoms with Crippen LogP contribution in [0.4, 0.5) is 0 Å². The van der Waals surface area contributed by atoms with Crippen LogP contribution in [0, 0.1) is 11.3 Å². The van der Waals surface area contributed by atoms with E-state index < -0.39 is 0 Å². The van der Waals surface area contributed by atoms with Gasteiger partial charge in [-0.05, 0) is 29.9 Å². The van der Waals surface area contributed by atoms with Crippen LogP contribution in [-0.4, -0.2) is 44.0 Å². The molecule has 0 aliphatic carbocycles. The van der Waals surface area contributed by atoms with Crippen LogP contribution in [0.3, 0.4) is 0 Å². The van der Waals surface area contributed by atoms with E-state index in [4.69, 9.17) is 4.74 Å². The van der Waals surface area contributed by atoms with Crippen LogP contribution in [-0.2, 0) is 4.74 Å². The molecule has 0 atom stereocenters. The largest absolute Gasteiger partial charge is 0.383 e. The van der Waals surface area contributed by atoms with E-state index in [1.165, 1.54) is 32.2 Å². The summed E-state index contributed by atoms with van der Waals surface area (Å²) in [5, 5.41) is 0. The first-order chi connectivity index (χ1) is 9.03. The van der Waals surface area contributed by atoms with Crippen molar-refractivity contribution < 1.29 is 4.74 Å². The Hall–Kier alpha value is 0.270. The van der Waals surface area contributed by atoms with Gasteiger partial charge in [0.05, 0.1) is 6.61 Å². The summed E-state index contributed by atoms with van der Waals surface area (Å²) in [7, 11) is 1.79. The first-order valence-corrected chi connectivity index (χ1v) is 8.49. The molecule has 0 N–H and O–H groups in total. The van der Waals surface area contributed by atoms with Crippen molar-refractivity contribution in [3.8, 4) is 0 Å². The van der Waals surface area contributed by atoms with Gasteiger partial charge in [0.25, 0.3) is 0 Å². The Kier molecular flexibility index (Phi) is 11.1. The average Bonchev–Trinajstić information content (AvgIpc) is 2.35. The lowest BCUT2D eigenvalue weighted by Gasteiger charge is -2.38. The van der Waals surface area contributed by atoms with Gasteiger partial charge < -0.3 is 9.64 Å². The maximum Gasteiger partial charge on any atom is 0.0589 e. The van der Waals surface area contributed by atoms with Crippen LogP contribution in [0.2, 0.25) is 0 Å². The molecule has 0 fully saturated rings. The molecular formula is C16H35NOS. The third-order valence-electron chi connectivity index (χ3n) is 3.69. The first-order valence-electron chi connectivity index (χ1n) is 7.85. The minimum Gasteiger partial charge on any atom is -0.383 e. The fourth-order valence-corrected chi connectivity index (χ4v) is 3.41. The number of thiol groups is 1. The number of hydrogen-bond donors (Lipinski definition) is 1. The molecule has 0 bridgehead atoms. The number of methoxy groups -OCH3 is 1. The van der Waals surface area contributed by atoms with Gasteiger partial charge >= 0.3 is 0 Å². The molecular weight excluding hydrogens is 254 g/mol. The standard InChI is InChI=1S/C16H35NOS/c1-6-8-16(14-19,9-7-2)13-17(10-11-18-5)12-15(3)4/h15,19H,6-14H2,1-5H3. The second-order valence-electron chi connectivity index (χ2n) is 6.28. The monoisotopic (exact) mass is 289 g/mol. The molecule has 0 radical (unpaired) electrons. The zero-order valence-corrected chi connectivity index (χ0v) is 14.6. The zero-order valence-electron chi connectivity index (χ0n) is 13.7. The predicted molar refractivity (Wildman–Crippen MR) is 89.3 cm³/mol. The van der Waals surface area contributed by atoms with Gasteiger partial charge in [0.2, 0.25) is 0 Å².